The highest BCUT2D eigenvalue weighted by Gasteiger charge is 2.43. The lowest BCUT2D eigenvalue weighted by Crippen LogP contribution is -2.25. The molecule has 4 nitrogen and oxygen atoms in total. The molecule has 0 aliphatic carbocycles. The Balaban J connectivity index is 2.07. The van der Waals surface area contributed by atoms with Crippen molar-refractivity contribution in [3.63, 3.8) is 0 Å². The minimum Gasteiger partial charge on any atom is -0.395 e. The van der Waals surface area contributed by atoms with E-state index in [2.05, 4.69) is 19.4 Å². The summed E-state index contributed by atoms with van der Waals surface area (Å²) in [6, 6.07) is 2.63. The van der Waals surface area contributed by atoms with Crippen LogP contribution in [0.25, 0.3) is 11.3 Å². The summed E-state index contributed by atoms with van der Waals surface area (Å²) in [4.78, 5) is 8.22. The highest BCUT2D eigenvalue weighted by atomic mass is 35.5. The molecular formula is C12H7ClF2N2O2. The van der Waals surface area contributed by atoms with Crippen molar-refractivity contribution in [3.8, 4) is 22.8 Å². The maximum absolute atomic E-state index is 12.9. The van der Waals surface area contributed by atoms with Gasteiger partial charge in [-0.3, -0.25) is 9.97 Å². The molecule has 1 aromatic carbocycles. The zero-order valence-electron chi connectivity index (χ0n) is 9.65. The summed E-state index contributed by atoms with van der Waals surface area (Å²) in [5.41, 5.74) is 1.67. The predicted octanol–water partition coefficient (Wildman–Crippen LogP) is 3.43. The normalized spacial score (nSPS) is 15.6. The molecule has 0 unspecified atom stereocenters. The molecule has 0 amide bonds. The first-order valence-corrected chi connectivity index (χ1v) is 5.71. The topological polar surface area (TPSA) is 44.2 Å². The number of fused-ring (bicyclic) bond motifs is 1. The van der Waals surface area contributed by atoms with E-state index in [1.165, 1.54) is 18.3 Å². The molecule has 0 saturated carbocycles. The van der Waals surface area contributed by atoms with Gasteiger partial charge in [-0.15, -0.1) is 8.78 Å². The van der Waals surface area contributed by atoms with Gasteiger partial charge in [0.05, 0.1) is 22.6 Å². The number of ether oxygens (including phenoxy) is 2. The van der Waals surface area contributed by atoms with Crippen molar-refractivity contribution in [2.45, 2.75) is 13.2 Å². The summed E-state index contributed by atoms with van der Waals surface area (Å²) < 4.78 is 34.6. The number of benzene rings is 1. The summed E-state index contributed by atoms with van der Waals surface area (Å²) >= 11 is 6.03. The van der Waals surface area contributed by atoms with Crippen LogP contribution in [-0.4, -0.2) is 16.3 Å². The van der Waals surface area contributed by atoms with Crippen LogP contribution in [0.2, 0.25) is 5.02 Å². The smallest absolute Gasteiger partial charge is 0.395 e. The summed E-state index contributed by atoms with van der Waals surface area (Å²) in [6.07, 6.45) is -0.592. The Labute approximate surface area is 112 Å². The quantitative estimate of drug-likeness (QED) is 0.805. The molecule has 0 bridgehead atoms. The molecule has 0 saturated heterocycles. The van der Waals surface area contributed by atoms with Crippen molar-refractivity contribution < 1.29 is 18.3 Å². The SMILES string of the molecule is Cc1cnc(-c2cc3c(cc2Cl)OC(F)(F)O3)cn1. The number of aromatic nitrogens is 2. The zero-order chi connectivity index (χ0) is 13.6. The van der Waals surface area contributed by atoms with E-state index in [4.69, 9.17) is 11.6 Å². The van der Waals surface area contributed by atoms with Crippen LogP contribution in [0.15, 0.2) is 24.5 Å². The molecule has 0 radical (unpaired) electrons. The lowest BCUT2D eigenvalue weighted by molar-refractivity contribution is -0.286. The highest BCUT2D eigenvalue weighted by molar-refractivity contribution is 6.33. The maximum Gasteiger partial charge on any atom is 0.586 e. The van der Waals surface area contributed by atoms with E-state index in [9.17, 15) is 8.78 Å². The van der Waals surface area contributed by atoms with Crippen molar-refractivity contribution in [1.82, 2.24) is 9.97 Å². The Kier molecular flexibility index (Phi) is 2.56. The van der Waals surface area contributed by atoms with Gasteiger partial charge in [-0.05, 0) is 13.0 Å². The van der Waals surface area contributed by atoms with Crippen molar-refractivity contribution in [2.24, 2.45) is 0 Å². The lowest BCUT2D eigenvalue weighted by Gasteiger charge is -2.05. The molecule has 19 heavy (non-hydrogen) atoms. The van der Waals surface area contributed by atoms with Gasteiger partial charge < -0.3 is 9.47 Å². The fourth-order valence-electron chi connectivity index (χ4n) is 1.70. The van der Waals surface area contributed by atoms with Gasteiger partial charge >= 0.3 is 6.29 Å². The van der Waals surface area contributed by atoms with Gasteiger partial charge in [-0.2, -0.15) is 0 Å². The van der Waals surface area contributed by atoms with Gasteiger partial charge in [0.15, 0.2) is 11.5 Å². The first kappa shape index (κ1) is 12.1. The number of alkyl halides is 2. The Morgan fingerprint density at radius 3 is 2.42 bits per heavy atom. The van der Waals surface area contributed by atoms with Gasteiger partial charge in [0.25, 0.3) is 0 Å². The standard InChI is InChI=1S/C12H7ClF2N2O2/c1-6-4-17-9(5-16-6)7-2-10-11(3-8(7)13)19-12(14,15)18-10/h2-5H,1H3. The molecule has 3 rings (SSSR count). The van der Waals surface area contributed by atoms with Gasteiger partial charge in [0.2, 0.25) is 0 Å². The first-order valence-electron chi connectivity index (χ1n) is 5.33. The van der Waals surface area contributed by atoms with Crippen LogP contribution in [0, 0.1) is 6.92 Å². The summed E-state index contributed by atoms with van der Waals surface area (Å²) in [7, 11) is 0. The Hall–Kier alpha value is -1.95. The highest BCUT2D eigenvalue weighted by Crippen LogP contribution is 2.45. The van der Waals surface area contributed by atoms with Crippen molar-refractivity contribution in [3.05, 3.63) is 35.2 Å². The fourth-order valence-corrected chi connectivity index (χ4v) is 1.95. The third kappa shape index (κ3) is 2.19. The van der Waals surface area contributed by atoms with Crippen molar-refractivity contribution >= 4 is 11.6 Å². The van der Waals surface area contributed by atoms with Crippen molar-refractivity contribution in [1.29, 1.82) is 0 Å². The number of hydrogen-bond acceptors (Lipinski definition) is 4. The molecule has 0 spiro atoms. The van der Waals surface area contributed by atoms with Gasteiger partial charge in [-0.25, -0.2) is 0 Å². The van der Waals surface area contributed by atoms with Crippen LogP contribution in [0.1, 0.15) is 5.69 Å². The average Bonchev–Trinajstić information content (AvgIpc) is 2.62. The van der Waals surface area contributed by atoms with E-state index in [1.807, 2.05) is 0 Å². The largest absolute Gasteiger partial charge is 0.586 e. The number of hydrogen-bond donors (Lipinski definition) is 0. The van der Waals surface area contributed by atoms with E-state index in [0.29, 0.717) is 11.3 Å². The van der Waals surface area contributed by atoms with E-state index < -0.39 is 6.29 Å². The minimum absolute atomic E-state index is 0.0771. The van der Waals surface area contributed by atoms with Crippen LogP contribution in [0.5, 0.6) is 11.5 Å². The van der Waals surface area contributed by atoms with Crippen LogP contribution in [0.3, 0.4) is 0 Å². The fraction of sp³-hybridized carbons (Fsp3) is 0.167. The van der Waals surface area contributed by atoms with Crippen molar-refractivity contribution in [2.75, 3.05) is 0 Å². The second kappa shape index (κ2) is 4.03. The molecule has 98 valence electrons. The molecular weight excluding hydrogens is 278 g/mol. The van der Waals surface area contributed by atoms with Crippen LogP contribution >= 0.6 is 11.6 Å². The Bertz CT molecular complexity index is 647. The minimum atomic E-state index is -3.66. The number of aryl methyl sites for hydroxylation is 1. The van der Waals surface area contributed by atoms with E-state index in [1.54, 1.807) is 13.1 Å². The molecule has 2 aromatic rings. The molecule has 0 fully saturated rings. The third-order valence-corrected chi connectivity index (χ3v) is 2.86. The van der Waals surface area contributed by atoms with Gasteiger partial charge in [0, 0.05) is 17.8 Å². The predicted molar refractivity (Wildman–Crippen MR) is 63.4 cm³/mol. The van der Waals surface area contributed by atoms with Crippen LogP contribution in [-0.2, 0) is 0 Å². The lowest BCUT2D eigenvalue weighted by atomic mass is 10.1. The van der Waals surface area contributed by atoms with Crippen LogP contribution < -0.4 is 9.47 Å². The van der Waals surface area contributed by atoms with Gasteiger partial charge in [-0.1, -0.05) is 11.6 Å². The van der Waals surface area contributed by atoms with E-state index in [0.717, 1.165) is 5.69 Å². The van der Waals surface area contributed by atoms with Gasteiger partial charge in [0.1, 0.15) is 0 Å². The molecule has 0 N–H and O–H groups in total. The second-order valence-electron chi connectivity index (χ2n) is 3.99. The first-order chi connectivity index (χ1) is 8.94. The van der Waals surface area contributed by atoms with E-state index in [-0.39, 0.29) is 16.5 Å². The maximum atomic E-state index is 12.9. The van der Waals surface area contributed by atoms with E-state index >= 15 is 0 Å². The molecule has 1 aliphatic heterocycles. The Morgan fingerprint density at radius 1 is 1.11 bits per heavy atom. The molecule has 1 aliphatic rings. The molecule has 1 aromatic heterocycles. The Morgan fingerprint density at radius 2 is 1.79 bits per heavy atom. The van der Waals surface area contributed by atoms with Crippen LogP contribution in [0.4, 0.5) is 8.78 Å². The second-order valence-corrected chi connectivity index (χ2v) is 4.40. The molecule has 7 heteroatoms. The third-order valence-electron chi connectivity index (χ3n) is 2.55. The zero-order valence-corrected chi connectivity index (χ0v) is 10.4. The molecule has 2 heterocycles. The monoisotopic (exact) mass is 284 g/mol. The molecule has 0 atom stereocenters. The number of nitrogens with zero attached hydrogens (tertiary/aromatic N) is 2. The average molecular weight is 285 g/mol. The summed E-state index contributed by atoms with van der Waals surface area (Å²) in [6.45, 7) is 1.79. The number of halogens is 3. The number of rotatable bonds is 1. The summed E-state index contributed by atoms with van der Waals surface area (Å²) in [5, 5.41) is 0.234. The summed E-state index contributed by atoms with van der Waals surface area (Å²) in [5.74, 6) is -0.175.